The second kappa shape index (κ2) is 10.9. The van der Waals surface area contributed by atoms with E-state index in [2.05, 4.69) is 168 Å². The van der Waals surface area contributed by atoms with E-state index in [1.165, 1.54) is 71.4 Å². The van der Waals surface area contributed by atoms with Gasteiger partial charge in [0.15, 0.2) is 0 Å². The van der Waals surface area contributed by atoms with Gasteiger partial charge in [-0.25, -0.2) is 0 Å². The lowest BCUT2D eigenvalue weighted by atomic mass is 10.0. The third-order valence-corrected chi connectivity index (χ3v) is 10.6. The summed E-state index contributed by atoms with van der Waals surface area (Å²) in [5.41, 5.74) is 17.0. The number of rotatable bonds is 6. The van der Waals surface area contributed by atoms with E-state index < -0.39 is 0 Å². The number of benzene rings is 6. The third-order valence-electron chi connectivity index (χ3n) is 9.40. The van der Waals surface area contributed by atoms with Crippen LogP contribution in [0.3, 0.4) is 0 Å². The number of thiophene rings is 1. The molecule has 9 rings (SSSR count). The first kappa shape index (κ1) is 27.0. The molecule has 2 nitrogen and oxygen atoms in total. The van der Waals surface area contributed by atoms with Gasteiger partial charge in [-0.05, 0) is 124 Å². The minimum Gasteiger partial charge on any atom is -0.302 e. The molecule has 220 valence electrons. The van der Waals surface area contributed by atoms with Crippen LogP contribution in [0.15, 0.2) is 152 Å². The predicted octanol–water partition coefficient (Wildman–Crippen LogP) is 12.1. The molecule has 3 heteroatoms. The first-order chi connectivity index (χ1) is 22.7. The van der Waals surface area contributed by atoms with E-state index in [1.807, 2.05) is 11.3 Å². The van der Waals surface area contributed by atoms with Gasteiger partial charge in [-0.1, -0.05) is 108 Å². The van der Waals surface area contributed by atoms with E-state index in [4.69, 9.17) is 0 Å². The maximum Gasteiger partial charge on any atom is 0.105 e. The normalized spacial score (nSPS) is 12.3. The van der Waals surface area contributed by atoms with Gasteiger partial charge in [-0.15, -0.1) is 0 Å². The molecular formula is C43H32N2S. The minimum absolute atomic E-state index is 0.973. The SMILES string of the molecule is Cc1cc(N(c2ccccc2)c2ccc3c(c2)Cc2ccccc2-3)sc1N(c1ccccc1)c1ccc2c(c1)Cc1ccccc1-2. The number of hydrogen-bond acceptors (Lipinski definition) is 3. The number of para-hydroxylation sites is 2. The predicted molar refractivity (Wildman–Crippen MR) is 195 cm³/mol. The largest absolute Gasteiger partial charge is 0.302 e. The fourth-order valence-electron chi connectivity index (χ4n) is 7.27. The van der Waals surface area contributed by atoms with Crippen LogP contribution >= 0.6 is 11.3 Å². The van der Waals surface area contributed by atoms with Crippen molar-refractivity contribution in [2.75, 3.05) is 9.80 Å². The van der Waals surface area contributed by atoms with Crippen molar-refractivity contribution in [1.29, 1.82) is 0 Å². The summed E-state index contributed by atoms with van der Waals surface area (Å²) in [5.74, 6) is 0. The minimum atomic E-state index is 0.973. The summed E-state index contributed by atoms with van der Waals surface area (Å²) in [6.07, 6.45) is 1.95. The fourth-order valence-corrected chi connectivity index (χ4v) is 8.53. The Morgan fingerprint density at radius 2 is 0.870 bits per heavy atom. The summed E-state index contributed by atoms with van der Waals surface area (Å²) in [6.45, 7) is 2.25. The van der Waals surface area contributed by atoms with Crippen molar-refractivity contribution in [2.45, 2.75) is 19.8 Å². The Morgan fingerprint density at radius 1 is 0.413 bits per heavy atom. The van der Waals surface area contributed by atoms with E-state index in [0.717, 1.165) is 24.2 Å². The van der Waals surface area contributed by atoms with E-state index in [-0.39, 0.29) is 0 Å². The summed E-state index contributed by atoms with van der Waals surface area (Å²) >= 11 is 1.85. The Morgan fingerprint density at radius 3 is 1.43 bits per heavy atom. The lowest BCUT2D eigenvalue weighted by molar-refractivity contribution is 1.23. The third kappa shape index (κ3) is 4.47. The molecule has 6 aromatic carbocycles. The average molecular weight is 609 g/mol. The molecule has 0 fully saturated rings. The first-order valence-corrected chi connectivity index (χ1v) is 16.8. The Kier molecular flexibility index (Phi) is 6.39. The zero-order valence-corrected chi connectivity index (χ0v) is 26.5. The second-order valence-corrected chi connectivity index (χ2v) is 13.3. The molecule has 1 aromatic heterocycles. The van der Waals surface area contributed by atoms with Crippen molar-refractivity contribution in [2.24, 2.45) is 0 Å². The highest BCUT2D eigenvalue weighted by Gasteiger charge is 2.26. The van der Waals surface area contributed by atoms with Gasteiger partial charge >= 0.3 is 0 Å². The Hall–Kier alpha value is -5.38. The smallest absolute Gasteiger partial charge is 0.105 e. The molecule has 46 heavy (non-hydrogen) atoms. The molecule has 0 amide bonds. The number of aryl methyl sites for hydroxylation is 1. The molecule has 0 bridgehead atoms. The van der Waals surface area contributed by atoms with Gasteiger partial charge in [0.05, 0.1) is 0 Å². The molecule has 0 spiro atoms. The highest BCUT2D eigenvalue weighted by Crippen LogP contribution is 2.50. The number of anilines is 6. The van der Waals surface area contributed by atoms with Gasteiger partial charge in [0.2, 0.25) is 0 Å². The van der Waals surface area contributed by atoms with Gasteiger partial charge in [-0.2, -0.15) is 0 Å². The van der Waals surface area contributed by atoms with Crippen molar-refractivity contribution < 1.29 is 0 Å². The molecule has 0 radical (unpaired) electrons. The molecular weight excluding hydrogens is 577 g/mol. The van der Waals surface area contributed by atoms with Crippen molar-refractivity contribution in [1.82, 2.24) is 0 Å². The summed E-state index contributed by atoms with van der Waals surface area (Å²) in [6, 6.07) is 55.5. The van der Waals surface area contributed by atoms with Crippen molar-refractivity contribution in [3.8, 4) is 22.3 Å². The van der Waals surface area contributed by atoms with E-state index in [1.54, 1.807) is 0 Å². The van der Waals surface area contributed by atoms with E-state index in [0.29, 0.717) is 0 Å². The molecule has 0 N–H and O–H groups in total. The van der Waals surface area contributed by atoms with Crippen LogP contribution in [0.5, 0.6) is 0 Å². The van der Waals surface area contributed by atoms with Crippen LogP contribution in [0, 0.1) is 6.92 Å². The molecule has 0 unspecified atom stereocenters. The Bertz CT molecular complexity index is 2230. The number of fused-ring (bicyclic) bond motifs is 6. The van der Waals surface area contributed by atoms with Crippen LogP contribution in [0.25, 0.3) is 22.3 Å². The summed E-state index contributed by atoms with van der Waals surface area (Å²) < 4.78 is 0. The molecule has 0 aliphatic heterocycles. The van der Waals surface area contributed by atoms with Crippen molar-refractivity contribution in [3.05, 3.63) is 179 Å². The van der Waals surface area contributed by atoms with E-state index >= 15 is 0 Å². The number of nitrogens with zero attached hydrogens (tertiary/aromatic N) is 2. The highest BCUT2D eigenvalue weighted by molar-refractivity contribution is 7.20. The Labute approximate surface area is 274 Å². The lowest BCUT2D eigenvalue weighted by Crippen LogP contribution is -2.10. The molecule has 0 saturated carbocycles. The van der Waals surface area contributed by atoms with Crippen LogP contribution in [-0.2, 0) is 12.8 Å². The topological polar surface area (TPSA) is 6.48 Å². The monoisotopic (exact) mass is 608 g/mol. The van der Waals surface area contributed by atoms with Crippen LogP contribution < -0.4 is 9.80 Å². The standard InChI is InChI=1S/C43H32N2S/c1-29-24-42(44(34-14-4-2-5-15-34)36-20-22-40-32(27-36)25-30-12-8-10-18-38(30)40)46-43(29)45(35-16-6-3-7-17-35)37-21-23-41-33(28-37)26-31-13-9-11-19-39(31)41/h2-24,27-28H,25-26H2,1H3. The first-order valence-electron chi connectivity index (χ1n) is 15.9. The zero-order chi connectivity index (χ0) is 30.6. The second-order valence-electron chi connectivity index (χ2n) is 12.3. The molecule has 7 aromatic rings. The Balaban J connectivity index is 1.16. The maximum absolute atomic E-state index is 2.44. The average Bonchev–Trinajstić information content (AvgIpc) is 3.78. The molecule has 0 saturated heterocycles. The molecule has 2 aliphatic carbocycles. The molecule has 0 atom stereocenters. The lowest BCUT2D eigenvalue weighted by Gasteiger charge is -2.26. The highest BCUT2D eigenvalue weighted by atomic mass is 32.1. The van der Waals surface area contributed by atoms with Gasteiger partial charge in [-0.3, -0.25) is 0 Å². The summed E-state index contributed by atoms with van der Waals surface area (Å²) in [7, 11) is 0. The van der Waals surface area contributed by atoms with Crippen molar-refractivity contribution >= 4 is 44.1 Å². The molecule has 1 heterocycles. The van der Waals surface area contributed by atoms with Gasteiger partial charge in [0.25, 0.3) is 0 Å². The van der Waals surface area contributed by atoms with Crippen LogP contribution in [-0.4, -0.2) is 0 Å². The zero-order valence-electron chi connectivity index (χ0n) is 25.7. The van der Waals surface area contributed by atoms with Gasteiger partial charge < -0.3 is 9.80 Å². The van der Waals surface area contributed by atoms with Crippen molar-refractivity contribution in [3.63, 3.8) is 0 Å². The van der Waals surface area contributed by atoms with Crippen LogP contribution in [0.4, 0.5) is 32.8 Å². The van der Waals surface area contributed by atoms with Gasteiger partial charge in [0, 0.05) is 22.7 Å². The van der Waals surface area contributed by atoms with E-state index in [9.17, 15) is 0 Å². The maximum atomic E-state index is 2.44. The fraction of sp³-hybridized carbons (Fsp3) is 0.0698. The quantitative estimate of drug-likeness (QED) is 0.185. The summed E-state index contributed by atoms with van der Waals surface area (Å²) in [4.78, 5) is 4.86. The summed E-state index contributed by atoms with van der Waals surface area (Å²) in [5, 5.41) is 2.43. The number of hydrogen-bond donors (Lipinski definition) is 0. The molecule has 2 aliphatic rings. The van der Waals surface area contributed by atoms with Crippen LogP contribution in [0.2, 0.25) is 0 Å². The van der Waals surface area contributed by atoms with Crippen LogP contribution in [0.1, 0.15) is 27.8 Å². The van der Waals surface area contributed by atoms with Gasteiger partial charge in [0.1, 0.15) is 10.0 Å².